The number of nitrogens with zero attached hydrogens (tertiary/aromatic N) is 2. The van der Waals surface area contributed by atoms with E-state index in [-0.39, 0.29) is 0 Å². The van der Waals surface area contributed by atoms with Crippen LogP contribution in [-0.2, 0) is 35.9 Å². The van der Waals surface area contributed by atoms with E-state index < -0.39 is 24.0 Å². The molecule has 4 aromatic rings. The molecule has 10 heteroatoms. The summed E-state index contributed by atoms with van der Waals surface area (Å²) in [5.41, 5.74) is 9.10. The molecule has 0 saturated carbocycles. The molecule has 4 aromatic carbocycles. The first-order valence-electron chi connectivity index (χ1n) is 18.9. The van der Waals surface area contributed by atoms with Crippen molar-refractivity contribution in [2.75, 3.05) is 25.6 Å². The first-order valence-corrected chi connectivity index (χ1v) is 21.3. The molecule has 2 heterocycles. The number of ether oxygens (including phenoxy) is 2. The van der Waals surface area contributed by atoms with Gasteiger partial charge in [0.05, 0.1) is 0 Å². The normalized spacial score (nSPS) is 18.0. The molecule has 2 atom stereocenters. The van der Waals surface area contributed by atoms with Crippen molar-refractivity contribution in [3.63, 3.8) is 0 Å². The molecule has 0 aliphatic carbocycles. The van der Waals surface area contributed by atoms with E-state index in [1.807, 2.05) is 24.6 Å². The van der Waals surface area contributed by atoms with Gasteiger partial charge in [0.15, 0.2) is 0 Å². The van der Waals surface area contributed by atoms with E-state index in [0.717, 1.165) is 93.4 Å². The van der Waals surface area contributed by atoms with Crippen molar-refractivity contribution in [2.45, 2.75) is 101 Å². The second-order valence-electron chi connectivity index (χ2n) is 14.4. The van der Waals surface area contributed by atoms with Crippen molar-refractivity contribution < 1.29 is 29.3 Å². The van der Waals surface area contributed by atoms with E-state index >= 15 is 0 Å². The zero-order valence-electron chi connectivity index (χ0n) is 31.8. The van der Waals surface area contributed by atoms with Crippen LogP contribution in [0, 0.1) is 13.8 Å². The van der Waals surface area contributed by atoms with Crippen LogP contribution < -0.4 is 9.47 Å². The molecular formula is C44H52N2O6S2. The van der Waals surface area contributed by atoms with Crippen molar-refractivity contribution in [1.29, 1.82) is 0 Å². The number of benzene rings is 4. The van der Waals surface area contributed by atoms with Gasteiger partial charge < -0.3 is 19.7 Å². The number of hydrogen-bond acceptors (Lipinski definition) is 8. The van der Waals surface area contributed by atoms with Crippen LogP contribution in [-0.4, -0.2) is 69.6 Å². The van der Waals surface area contributed by atoms with Gasteiger partial charge in [-0.1, -0.05) is 61.4 Å². The van der Waals surface area contributed by atoms with E-state index in [9.17, 15) is 19.8 Å². The van der Waals surface area contributed by atoms with Gasteiger partial charge in [-0.05, 0) is 134 Å². The number of likely N-dealkylation sites (tertiary alicyclic amines) is 2. The van der Waals surface area contributed by atoms with Crippen LogP contribution in [0.3, 0.4) is 0 Å². The Morgan fingerprint density at radius 2 is 1.07 bits per heavy atom. The lowest BCUT2D eigenvalue weighted by molar-refractivity contribution is -0.145. The van der Waals surface area contributed by atoms with Gasteiger partial charge in [-0.25, -0.2) is 0 Å². The summed E-state index contributed by atoms with van der Waals surface area (Å²) in [6, 6.07) is 24.4. The highest BCUT2D eigenvalue weighted by atomic mass is 32.2. The Labute approximate surface area is 328 Å². The highest BCUT2D eigenvalue weighted by molar-refractivity contribution is 7.99. The summed E-state index contributed by atoms with van der Waals surface area (Å²) in [5, 5.41) is 19.4. The van der Waals surface area contributed by atoms with Crippen LogP contribution in [0.5, 0.6) is 11.5 Å². The van der Waals surface area contributed by atoms with Crippen LogP contribution in [0.15, 0.2) is 82.6 Å². The average Bonchev–Trinajstić information content (AvgIpc) is 3.18. The molecule has 0 unspecified atom stereocenters. The van der Waals surface area contributed by atoms with Crippen LogP contribution in [0.1, 0.15) is 71.9 Å². The number of rotatable bonds is 15. The predicted octanol–water partition coefficient (Wildman–Crippen LogP) is 9.45. The number of thioether (sulfide) groups is 2. The minimum atomic E-state index is -0.734. The SMILES string of the molecule is CSc1cc(CN2CCCC[C@H]2C(=O)O)ccc1OCc1cccc(-c2cccc(COc3ccc(CN4CCCC[C@H]4C(=O)O)cc3SC)c2C)c1C. The molecule has 286 valence electrons. The van der Waals surface area contributed by atoms with Crippen LogP contribution in [0.25, 0.3) is 11.1 Å². The summed E-state index contributed by atoms with van der Waals surface area (Å²) in [4.78, 5) is 29.9. The Bertz CT molecular complexity index is 1810. The topological polar surface area (TPSA) is 99.5 Å². The zero-order valence-corrected chi connectivity index (χ0v) is 33.4. The summed E-state index contributed by atoms with van der Waals surface area (Å²) < 4.78 is 12.9. The molecular weight excluding hydrogens is 717 g/mol. The quantitative estimate of drug-likeness (QED) is 0.114. The largest absolute Gasteiger partial charge is 0.488 e. The highest BCUT2D eigenvalue weighted by Gasteiger charge is 2.29. The fraction of sp³-hybridized carbons (Fsp3) is 0.409. The van der Waals surface area contributed by atoms with Gasteiger partial charge in [0, 0.05) is 22.9 Å². The monoisotopic (exact) mass is 768 g/mol. The molecule has 0 aromatic heterocycles. The second kappa shape index (κ2) is 18.6. The summed E-state index contributed by atoms with van der Waals surface area (Å²) in [7, 11) is 0. The number of carboxylic acids is 2. The lowest BCUT2D eigenvalue weighted by Gasteiger charge is -2.33. The molecule has 2 N–H and O–H groups in total. The number of hydrogen-bond donors (Lipinski definition) is 2. The molecule has 0 radical (unpaired) electrons. The molecule has 54 heavy (non-hydrogen) atoms. The van der Waals surface area contributed by atoms with Crippen LogP contribution in [0.4, 0.5) is 0 Å². The molecule has 8 nitrogen and oxygen atoms in total. The van der Waals surface area contributed by atoms with Gasteiger partial charge in [-0.15, -0.1) is 23.5 Å². The minimum absolute atomic E-state index is 0.419. The van der Waals surface area contributed by atoms with Gasteiger partial charge >= 0.3 is 11.9 Å². The number of piperidine rings is 2. The molecule has 6 rings (SSSR count). The Morgan fingerprint density at radius 1 is 0.648 bits per heavy atom. The fourth-order valence-corrected chi connectivity index (χ4v) is 9.02. The molecule has 2 aliphatic heterocycles. The molecule has 2 saturated heterocycles. The summed E-state index contributed by atoms with van der Waals surface area (Å²) >= 11 is 3.28. The van der Waals surface area contributed by atoms with Crippen molar-refractivity contribution in [1.82, 2.24) is 9.80 Å². The van der Waals surface area contributed by atoms with Crippen molar-refractivity contribution in [3.8, 4) is 22.6 Å². The van der Waals surface area contributed by atoms with Gasteiger partial charge in [0.25, 0.3) is 0 Å². The second-order valence-corrected chi connectivity index (χ2v) is 16.1. The first kappa shape index (κ1) is 39.7. The summed E-state index contributed by atoms with van der Waals surface area (Å²) in [6.07, 6.45) is 9.48. The smallest absolute Gasteiger partial charge is 0.320 e. The van der Waals surface area contributed by atoms with E-state index in [2.05, 4.69) is 84.3 Å². The third-order valence-corrected chi connectivity index (χ3v) is 12.5. The Kier molecular flexibility index (Phi) is 13.7. The Hall–Kier alpha value is -3.96. The number of carbonyl (C=O) groups is 2. The van der Waals surface area contributed by atoms with E-state index in [4.69, 9.17) is 9.47 Å². The van der Waals surface area contributed by atoms with Crippen LogP contribution in [0.2, 0.25) is 0 Å². The maximum atomic E-state index is 11.8. The minimum Gasteiger partial charge on any atom is -0.488 e. The maximum absolute atomic E-state index is 11.8. The lowest BCUT2D eigenvalue weighted by atomic mass is 9.92. The molecule has 2 fully saturated rings. The standard InChI is InChI=1S/C44H52N2O6S2/c1-29-33(27-51-39-19-17-31(23-41(39)53-3)25-45-21-7-5-15-37(45)43(47)48)11-9-13-35(29)36-14-10-12-34(30(36)2)28-52-40-20-18-32(24-42(40)54-4)26-46-22-8-6-16-38(46)44(49)50/h9-14,17-20,23-24,37-38H,5-8,15-16,21-22,25-28H2,1-4H3,(H,47,48)(H,49,50)/t37-,38-/m0/s1. The fourth-order valence-electron chi connectivity index (χ4n) is 7.82. The summed E-state index contributed by atoms with van der Waals surface area (Å²) in [6.45, 7) is 8.03. The van der Waals surface area contributed by atoms with Gasteiger partial charge in [0.1, 0.15) is 36.8 Å². The number of aliphatic carboxylic acids is 2. The Balaban J connectivity index is 1.12. The van der Waals surface area contributed by atoms with Gasteiger partial charge in [-0.3, -0.25) is 19.4 Å². The Morgan fingerprint density at radius 3 is 1.46 bits per heavy atom. The molecule has 0 bridgehead atoms. The molecule has 0 amide bonds. The third-order valence-electron chi connectivity index (χ3n) is 11.0. The van der Waals surface area contributed by atoms with Crippen molar-refractivity contribution in [3.05, 3.63) is 106 Å². The van der Waals surface area contributed by atoms with E-state index in [0.29, 0.717) is 39.1 Å². The maximum Gasteiger partial charge on any atom is 0.320 e. The molecule has 2 aliphatic rings. The van der Waals surface area contributed by atoms with Gasteiger partial charge in [0.2, 0.25) is 0 Å². The molecule has 0 spiro atoms. The van der Waals surface area contributed by atoms with Crippen LogP contribution >= 0.6 is 23.5 Å². The zero-order chi connectivity index (χ0) is 38.2. The van der Waals surface area contributed by atoms with E-state index in [1.54, 1.807) is 23.5 Å². The highest BCUT2D eigenvalue weighted by Crippen LogP contribution is 2.35. The lowest BCUT2D eigenvalue weighted by Crippen LogP contribution is -2.43. The first-order chi connectivity index (χ1) is 26.2. The third kappa shape index (κ3) is 9.45. The average molecular weight is 769 g/mol. The van der Waals surface area contributed by atoms with Crippen molar-refractivity contribution >= 4 is 35.5 Å². The van der Waals surface area contributed by atoms with Gasteiger partial charge in [-0.2, -0.15) is 0 Å². The van der Waals surface area contributed by atoms with E-state index in [1.165, 1.54) is 11.1 Å². The van der Waals surface area contributed by atoms with Crippen molar-refractivity contribution in [2.24, 2.45) is 0 Å². The predicted molar refractivity (Wildman–Crippen MR) is 218 cm³/mol. The summed E-state index contributed by atoms with van der Waals surface area (Å²) in [5.74, 6) is 0.187. The number of carboxylic acid groups (broad SMARTS) is 2.